The molecule has 1 aliphatic heterocycles. The molecule has 0 N–H and O–H groups in total. The Hall–Kier alpha value is -3.03. The molecule has 0 saturated carbocycles. The molecule has 3 heterocycles. The van der Waals surface area contributed by atoms with Crippen LogP contribution in [0.15, 0.2) is 24.4 Å². The number of rotatable bonds is 4. The van der Waals surface area contributed by atoms with Gasteiger partial charge in [-0.15, -0.1) is 0 Å². The Morgan fingerprint density at radius 2 is 2.00 bits per heavy atom. The molecule has 2 aromatic heterocycles. The minimum Gasteiger partial charge on any atom is -0.468 e. The largest absolute Gasteiger partial charge is 0.468 e. The van der Waals surface area contributed by atoms with Crippen LogP contribution in [-0.4, -0.2) is 64.5 Å². The third-order valence-corrected chi connectivity index (χ3v) is 4.70. The fourth-order valence-electron chi connectivity index (χ4n) is 3.17. The summed E-state index contributed by atoms with van der Waals surface area (Å²) in [4.78, 5) is 41.0. The van der Waals surface area contributed by atoms with Gasteiger partial charge in [-0.3, -0.25) is 14.6 Å². The molecular weight excluding hydrogens is 346 g/mol. The number of esters is 1. The molecule has 1 saturated heterocycles. The van der Waals surface area contributed by atoms with Gasteiger partial charge in [0.1, 0.15) is 12.6 Å². The SMILES string of the molecule is COC(=O)CN1CCN(c2nccc(-c3ccc(C)nc3C)n2)[C@H](C)C1=O. The molecule has 1 fully saturated rings. The van der Waals surface area contributed by atoms with Gasteiger partial charge < -0.3 is 14.5 Å². The Bertz CT molecular complexity index is 870. The number of amides is 1. The molecule has 3 rings (SSSR count). The summed E-state index contributed by atoms with van der Waals surface area (Å²) < 4.78 is 4.66. The zero-order valence-corrected chi connectivity index (χ0v) is 16.0. The van der Waals surface area contributed by atoms with E-state index in [0.29, 0.717) is 19.0 Å². The van der Waals surface area contributed by atoms with Crippen LogP contribution in [0.4, 0.5) is 5.95 Å². The predicted octanol–water partition coefficient (Wildman–Crippen LogP) is 1.37. The molecule has 0 radical (unpaired) electrons. The van der Waals surface area contributed by atoms with E-state index in [4.69, 9.17) is 0 Å². The molecule has 1 atom stereocenters. The third kappa shape index (κ3) is 3.89. The number of piperazine rings is 1. The lowest BCUT2D eigenvalue weighted by atomic mass is 10.1. The van der Waals surface area contributed by atoms with Gasteiger partial charge in [0, 0.05) is 36.2 Å². The van der Waals surface area contributed by atoms with Crippen LogP contribution in [-0.2, 0) is 14.3 Å². The summed E-state index contributed by atoms with van der Waals surface area (Å²) in [5.74, 6) is -0.0792. The average molecular weight is 369 g/mol. The standard InChI is InChI=1S/C19H23N5O3/c1-12-5-6-15(13(2)21-12)16-7-8-20-19(22-16)24-10-9-23(11-17(25)27-4)18(26)14(24)3/h5-8,14H,9-11H2,1-4H3/t14-/m1/s1. The molecule has 1 aliphatic rings. The van der Waals surface area contributed by atoms with Crippen molar-refractivity contribution in [1.82, 2.24) is 19.9 Å². The first-order valence-electron chi connectivity index (χ1n) is 8.80. The van der Waals surface area contributed by atoms with Crippen LogP contribution in [0.1, 0.15) is 18.3 Å². The number of aromatic nitrogens is 3. The Balaban J connectivity index is 1.83. The highest BCUT2D eigenvalue weighted by Crippen LogP contribution is 2.24. The van der Waals surface area contributed by atoms with E-state index < -0.39 is 12.0 Å². The summed E-state index contributed by atoms with van der Waals surface area (Å²) in [5.41, 5.74) is 3.55. The van der Waals surface area contributed by atoms with Gasteiger partial charge in [-0.25, -0.2) is 9.97 Å². The summed E-state index contributed by atoms with van der Waals surface area (Å²) in [7, 11) is 1.31. The molecule has 0 unspecified atom stereocenters. The van der Waals surface area contributed by atoms with Crippen molar-refractivity contribution in [2.24, 2.45) is 0 Å². The lowest BCUT2D eigenvalue weighted by molar-refractivity contribution is -0.148. The minimum absolute atomic E-state index is 0.0390. The van der Waals surface area contributed by atoms with Gasteiger partial charge in [0.15, 0.2) is 0 Å². The van der Waals surface area contributed by atoms with Crippen molar-refractivity contribution >= 4 is 17.8 Å². The maximum absolute atomic E-state index is 12.6. The van der Waals surface area contributed by atoms with Crippen molar-refractivity contribution in [3.8, 4) is 11.3 Å². The van der Waals surface area contributed by atoms with Crippen LogP contribution < -0.4 is 4.90 Å². The number of pyridine rings is 1. The number of nitrogens with zero attached hydrogens (tertiary/aromatic N) is 5. The number of hydrogen-bond donors (Lipinski definition) is 0. The van der Waals surface area contributed by atoms with E-state index in [2.05, 4.69) is 19.7 Å². The molecule has 0 aromatic carbocycles. The first kappa shape index (κ1) is 18.8. The number of carbonyl (C=O) groups excluding carboxylic acids is 2. The maximum atomic E-state index is 12.6. The van der Waals surface area contributed by atoms with Crippen LogP contribution in [0.25, 0.3) is 11.3 Å². The smallest absolute Gasteiger partial charge is 0.325 e. The summed E-state index contributed by atoms with van der Waals surface area (Å²) >= 11 is 0. The molecule has 0 spiro atoms. The first-order chi connectivity index (χ1) is 12.9. The van der Waals surface area contributed by atoms with Crippen LogP contribution in [0, 0.1) is 13.8 Å². The second kappa shape index (κ2) is 7.69. The zero-order chi connectivity index (χ0) is 19.6. The monoisotopic (exact) mass is 369 g/mol. The summed E-state index contributed by atoms with van der Waals surface area (Å²) in [6.45, 7) is 6.60. The second-order valence-corrected chi connectivity index (χ2v) is 6.53. The van der Waals surface area contributed by atoms with E-state index in [1.807, 2.05) is 36.9 Å². The fraction of sp³-hybridized carbons (Fsp3) is 0.421. The zero-order valence-electron chi connectivity index (χ0n) is 16.0. The Morgan fingerprint density at radius 3 is 2.70 bits per heavy atom. The van der Waals surface area contributed by atoms with E-state index in [9.17, 15) is 9.59 Å². The molecule has 1 amide bonds. The normalized spacial score (nSPS) is 17.2. The summed E-state index contributed by atoms with van der Waals surface area (Å²) in [6, 6.07) is 5.31. The highest BCUT2D eigenvalue weighted by atomic mass is 16.5. The van der Waals surface area contributed by atoms with Gasteiger partial charge in [0.25, 0.3) is 0 Å². The number of carbonyl (C=O) groups is 2. The van der Waals surface area contributed by atoms with Crippen molar-refractivity contribution in [3.05, 3.63) is 35.8 Å². The predicted molar refractivity (Wildman–Crippen MR) is 100 cm³/mol. The topological polar surface area (TPSA) is 88.5 Å². The number of anilines is 1. The average Bonchev–Trinajstić information content (AvgIpc) is 2.65. The molecule has 0 bridgehead atoms. The van der Waals surface area contributed by atoms with Gasteiger partial charge >= 0.3 is 5.97 Å². The van der Waals surface area contributed by atoms with Gasteiger partial charge in [-0.05, 0) is 39.0 Å². The molecule has 142 valence electrons. The molecule has 8 nitrogen and oxygen atoms in total. The lowest BCUT2D eigenvalue weighted by Gasteiger charge is -2.38. The maximum Gasteiger partial charge on any atom is 0.325 e. The highest BCUT2D eigenvalue weighted by molar-refractivity contribution is 5.88. The molecule has 8 heteroatoms. The number of methoxy groups -OCH3 is 1. The van der Waals surface area contributed by atoms with Crippen LogP contribution in [0.2, 0.25) is 0 Å². The molecular formula is C19H23N5O3. The lowest BCUT2D eigenvalue weighted by Crippen LogP contribution is -2.57. The van der Waals surface area contributed by atoms with Gasteiger partial charge in [0.05, 0.1) is 12.8 Å². The van der Waals surface area contributed by atoms with E-state index in [-0.39, 0.29) is 12.5 Å². The van der Waals surface area contributed by atoms with Crippen molar-refractivity contribution in [2.75, 3.05) is 31.6 Å². The van der Waals surface area contributed by atoms with E-state index in [0.717, 1.165) is 22.6 Å². The Labute approximate surface area is 158 Å². The van der Waals surface area contributed by atoms with Crippen molar-refractivity contribution in [3.63, 3.8) is 0 Å². The Kier molecular flexibility index (Phi) is 5.34. The van der Waals surface area contributed by atoms with Gasteiger partial charge in [0.2, 0.25) is 11.9 Å². The highest BCUT2D eigenvalue weighted by Gasteiger charge is 2.34. The molecule has 27 heavy (non-hydrogen) atoms. The fourth-order valence-corrected chi connectivity index (χ4v) is 3.17. The number of aryl methyl sites for hydroxylation is 2. The minimum atomic E-state index is -0.462. The summed E-state index contributed by atoms with van der Waals surface area (Å²) in [5, 5.41) is 0. The quantitative estimate of drug-likeness (QED) is 0.752. The van der Waals surface area contributed by atoms with Crippen molar-refractivity contribution in [1.29, 1.82) is 0 Å². The van der Waals surface area contributed by atoms with E-state index >= 15 is 0 Å². The van der Waals surface area contributed by atoms with Crippen LogP contribution >= 0.6 is 0 Å². The first-order valence-corrected chi connectivity index (χ1v) is 8.80. The Morgan fingerprint density at radius 1 is 1.22 bits per heavy atom. The van der Waals surface area contributed by atoms with Crippen molar-refractivity contribution in [2.45, 2.75) is 26.8 Å². The third-order valence-electron chi connectivity index (χ3n) is 4.70. The molecule has 2 aromatic rings. The molecule has 0 aliphatic carbocycles. The van der Waals surface area contributed by atoms with Gasteiger partial charge in [-0.2, -0.15) is 0 Å². The number of ether oxygens (including phenoxy) is 1. The number of hydrogen-bond acceptors (Lipinski definition) is 7. The second-order valence-electron chi connectivity index (χ2n) is 6.53. The summed E-state index contributed by atoms with van der Waals surface area (Å²) in [6.07, 6.45) is 1.69. The van der Waals surface area contributed by atoms with E-state index in [1.54, 1.807) is 13.1 Å². The van der Waals surface area contributed by atoms with E-state index in [1.165, 1.54) is 12.0 Å². The van der Waals surface area contributed by atoms with Crippen LogP contribution in [0.5, 0.6) is 0 Å². The van der Waals surface area contributed by atoms with Crippen molar-refractivity contribution < 1.29 is 14.3 Å². The van der Waals surface area contributed by atoms with Gasteiger partial charge in [-0.1, -0.05) is 0 Å². The van der Waals surface area contributed by atoms with Crippen LogP contribution in [0.3, 0.4) is 0 Å².